The van der Waals surface area contributed by atoms with Gasteiger partial charge in [0.1, 0.15) is 28.7 Å². The maximum Gasteiger partial charge on any atom is 0.269 e. The van der Waals surface area contributed by atoms with Crippen LogP contribution in [-0.4, -0.2) is 44.4 Å². The van der Waals surface area contributed by atoms with Crippen LogP contribution in [0.4, 0.5) is 8.78 Å². The lowest BCUT2D eigenvalue weighted by molar-refractivity contribution is 0.0938. The van der Waals surface area contributed by atoms with Crippen molar-refractivity contribution in [1.29, 1.82) is 0 Å². The molecular weight excluding hydrogens is 671 g/mol. The summed E-state index contributed by atoms with van der Waals surface area (Å²) in [7, 11) is 1.78. The van der Waals surface area contributed by atoms with Crippen molar-refractivity contribution < 1.29 is 18.4 Å². The predicted molar refractivity (Wildman–Crippen MR) is 203 cm³/mol. The molecule has 10 heteroatoms. The molecule has 3 heterocycles. The van der Waals surface area contributed by atoms with E-state index in [4.69, 9.17) is 0 Å². The van der Waals surface area contributed by atoms with Crippen LogP contribution in [0.2, 0.25) is 0 Å². The maximum absolute atomic E-state index is 15.1. The third-order valence-corrected chi connectivity index (χ3v) is 9.32. The number of hydrogen-bond donors (Lipinski definition) is 3. The van der Waals surface area contributed by atoms with Crippen LogP contribution in [0.25, 0.3) is 44.4 Å². The number of fused-ring (bicyclic) bond motifs is 1. The van der Waals surface area contributed by atoms with Crippen LogP contribution in [0.5, 0.6) is 0 Å². The molecule has 0 atom stereocenters. The van der Waals surface area contributed by atoms with Gasteiger partial charge in [-0.1, -0.05) is 72.8 Å². The topological polar surface area (TPSA) is 105 Å². The standard InChI is InChI=1S/C43H38F2N6O2/c1-51-27-46-26-40(51)43(53)48-21-5-7-29-12-16-31(17-13-29)36-23-32(18-19-38(36)45)34-22-33-24-39(50-41(33)49-25-34)42(52)47-20-4-6-28-10-14-30(15-11-28)35-8-2-3-9-37(35)44/h2-3,8-19,22-27H,4-7,20-21H2,1H3,(H,47,52)(H,48,53)(H,49,50). The summed E-state index contributed by atoms with van der Waals surface area (Å²) in [6.45, 7) is 1.03. The number of nitrogens with one attached hydrogen (secondary N) is 3. The number of benzene rings is 4. The molecule has 0 radical (unpaired) electrons. The smallest absolute Gasteiger partial charge is 0.269 e. The number of imidazole rings is 1. The summed E-state index contributed by atoms with van der Waals surface area (Å²) in [5.41, 5.74) is 7.96. The summed E-state index contributed by atoms with van der Waals surface area (Å²) in [5.74, 6) is -0.947. The number of carbonyl (C=O) groups is 2. The molecule has 0 aliphatic rings. The van der Waals surface area contributed by atoms with Crippen LogP contribution < -0.4 is 10.6 Å². The van der Waals surface area contributed by atoms with Crippen molar-refractivity contribution in [1.82, 2.24) is 30.2 Å². The highest BCUT2D eigenvalue weighted by Crippen LogP contribution is 2.31. The fraction of sp³-hybridized carbons (Fsp3) is 0.163. The van der Waals surface area contributed by atoms with E-state index in [-0.39, 0.29) is 23.4 Å². The molecule has 53 heavy (non-hydrogen) atoms. The molecule has 7 rings (SSSR count). The summed E-state index contributed by atoms with van der Waals surface area (Å²) in [5, 5.41) is 6.66. The Morgan fingerprint density at radius 3 is 1.96 bits per heavy atom. The molecule has 0 aliphatic heterocycles. The van der Waals surface area contributed by atoms with Gasteiger partial charge in [0.05, 0.1) is 12.5 Å². The van der Waals surface area contributed by atoms with E-state index in [2.05, 4.69) is 25.6 Å². The number of hydrogen-bond acceptors (Lipinski definition) is 4. The number of aromatic nitrogens is 4. The van der Waals surface area contributed by atoms with Crippen molar-refractivity contribution >= 4 is 22.8 Å². The summed E-state index contributed by atoms with van der Waals surface area (Å²) in [4.78, 5) is 36.9. The van der Waals surface area contributed by atoms with Crippen molar-refractivity contribution in [2.75, 3.05) is 13.1 Å². The molecule has 0 saturated carbocycles. The van der Waals surface area contributed by atoms with Crippen LogP contribution in [0.3, 0.4) is 0 Å². The molecular formula is C43H38F2N6O2. The van der Waals surface area contributed by atoms with E-state index in [9.17, 15) is 14.0 Å². The molecule has 3 aromatic heterocycles. The number of rotatable bonds is 13. The van der Waals surface area contributed by atoms with Gasteiger partial charge in [-0.25, -0.2) is 18.7 Å². The largest absolute Gasteiger partial charge is 0.351 e. The molecule has 266 valence electrons. The number of carbonyl (C=O) groups excluding carboxylic acids is 2. The Bertz CT molecular complexity index is 2380. The first-order chi connectivity index (χ1) is 25.8. The van der Waals surface area contributed by atoms with Crippen molar-refractivity contribution in [3.05, 3.63) is 156 Å². The average Bonchev–Trinajstić information content (AvgIpc) is 3.82. The highest BCUT2D eigenvalue weighted by molar-refractivity contribution is 5.98. The molecule has 8 nitrogen and oxygen atoms in total. The van der Waals surface area contributed by atoms with E-state index in [0.29, 0.717) is 41.3 Å². The van der Waals surface area contributed by atoms with Crippen molar-refractivity contribution in [2.24, 2.45) is 7.05 Å². The second kappa shape index (κ2) is 15.9. The predicted octanol–water partition coefficient (Wildman–Crippen LogP) is 8.30. The Morgan fingerprint density at radius 1 is 0.679 bits per heavy atom. The molecule has 0 unspecified atom stereocenters. The molecule has 0 saturated heterocycles. The van der Waals surface area contributed by atoms with Gasteiger partial charge in [0.25, 0.3) is 11.8 Å². The quantitative estimate of drug-likeness (QED) is 0.105. The Morgan fingerprint density at radius 2 is 1.30 bits per heavy atom. The van der Waals surface area contributed by atoms with Gasteiger partial charge in [0.15, 0.2) is 0 Å². The summed E-state index contributed by atoms with van der Waals surface area (Å²) < 4.78 is 30.9. The third kappa shape index (κ3) is 8.23. The number of nitrogens with zero attached hydrogens (tertiary/aromatic N) is 3. The van der Waals surface area contributed by atoms with Crippen LogP contribution in [-0.2, 0) is 19.9 Å². The van der Waals surface area contributed by atoms with Crippen LogP contribution in [0.15, 0.2) is 122 Å². The zero-order valence-electron chi connectivity index (χ0n) is 29.2. The minimum Gasteiger partial charge on any atom is -0.351 e. The van der Waals surface area contributed by atoms with Crippen LogP contribution in [0, 0.1) is 11.6 Å². The lowest BCUT2D eigenvalue weighted by atomic mass is 9.97. The first-order valence-electron chi connectivity index (χ1n) is 17.6. The minimum absolute atomic E-state index is 0.154. The highest BCUT2D eigenvalue weighted by atomic mass is 19.1. The molecule has 3 N–H and O–H groups in total. The normalized spacial score (nSPS) is 11.2. The first kappa shape index (κ1) is 35.0. The SMILES string of the molecule is Cn1cncc1C(=O)NCCCc1ccc(-c2cc(-c3cnc4[nH]c(C(=O)NCCCc5ccc(-c6ccccc6F)cc5)cc4c3)ccc2F)cc1. The van der Waals surface area contributed by atoms with E-state index in [0.717, 1.165) is 64.5 Å². The molecule has 0 aliphatic carbocycles. The lowest BCUT2D eigenvalue weighted by Gasteiger charge is -2.09. The third-order valence-electron chi connectivity index (χ3n) is 9.32. The zero-order chi connectivity index (χ0) is 36.7. The Balaban J connectivity index is 0.929. The summed E-state index contributed by atoms with van der Waals surface area (Å²) in [6, 6.07) is 31.0. The minimum atomic E-state index is -0.325. The number of aryl methyl sites for hydroxylation is 3. The number of H-pyrrole nitrogens is 1. The average molecular weight is 709 g/mol. The van der Waals surface area contributed by atoms with Gasteiger partial charge < -0.3 is 20.2 Å². The van der Waals surface area contributed by atoms with Gasteiger partial charge in [-0.05, 0) is 83.8 Å². The number of halogens is 2. The summed E-state index contributed by atoms with van der Waals surface area (Å²) in [6.07, 6.45) is 7.90. The van der Waals surface area contributed by atoms with Crippen LogP contribution >= 0.6 is 0 Å². The highest BCUT2D eigenvalue weighted by Gasteiger charge is 2.14. The number of pyridine rings is 1. The van der Waals surface area contributed by atoms with E-state index in [1.807, 2.05) is 66.7 Å². The molecule has 4 aromatic carbocycles. The van der Waals surface area contributed by atoms with Crippen molar-refractivity contribution in [3.8, 4) is 33.4 Å². The lowest BCUT2D eigenvalue weighted by Crippen LogP contribution is -2.26. The maximum atomic E-state index is 15.1. The van der Waals surface area contributed by atoms with E-state index >= 15 is 4.39 Å². The van der Waals surface area contributed by atoms with Crippen molar-refractivity contribution in [3.63, 3.8) is 0 Å². The second-order valence-electron chi connectivity index (χ2n) is 13.0. The van der Waals surface area contributed by atoms with E-state index in [1.165, 1.54) is 12.1 Å². The Hall–Kier alpha value is -6.42. The second-order valence-corrected chi connectivity index (χ2v) is 13.0. The van der Waals surface area contributed by atoms with E-state index < -0.39 is 0 Å². The molecule has 0 fully saturated rings. The Labute approximate surface area is 306 Å². The van der Waals surface area contributed by atoms with Gasteiger partial charge in [0.2, 0.25) is 0 Å². The molecule has 0 bridgehead atoms. The van der Waals surface area contributed by atoms with Crippen LogP contribution in [0.1, 0.15) is 44.9 Å². The molecule has 0 spiro atoms. The van der Waals surface area contributed by atoms with Gasteiger partial charge in [0, 0.05) is 48.4 Å². The first-order valence-corrected chi connectivity index (χ1v) is 17.6. The summed E-state index contributed by atoms with van der Waals surface area (Å²) >= 11 is 0. The fourth-order valence-corrected chi connectivity index (χ4v) is 6.37. The Kier molecular flexibility index (Phi) is 10.5. The van der Waals surface area contributed by atoms with Crippen molar-refractivity contribution in [2.45, 2.75) is 25.7 Å². The van der Waals surface area contributed by atoms with Gasteiger partial charge in [-0.3, -0.25) is 9.59 Å². The van der Waals surface area contributed by atoms with E-state index in [1.54, 1.807) is 54.6 Å². The fourth-order valence-electron chi connectivity index (χ4n) is 6.37. The van der Waals surface area contributed by atoms with Gasteiger partial charge >= 0.3 is 0 Å². The monoisotopic (exact) mass is 708 g/mol. The molecule has 7 aromatic rings. The van der Waals surface area contributed by atoms with Gasteiger partial charge in [-0.15, -0.1) is 0 Å². The number of aromatic amines is 1. The van der Waals surface area contributed by atoms with Gasteiger partial charge in [-0.2, -0.15) is 0 Å². The zero-order valence-corrected chi connectivity index (χ0v) is 29.2. The molecule has 2 amide bonds. The number of amides is 2.